The molecule has 3 aromatic carbocycles. The van der Waals surface area contributed by atoms with E-state index in [9.17, 15) is 0 Å². The Bertz CT molecular complexity index is 941. The van der Waals surface area contributed by atoms with Crippen molar-refractivity contribution in [2.75, 3.05) is 20.8 Å². The lowest BCUT2D eigenvalue weighted by Gasteiger charge is -2.25. The molecule has 130 valence electrons. The molecule has 3 aromatic rings. The van der Waals surface area contributed by atoms with Crippen molar-refractivity contribution in [3.05, 3.63) is 89.5 Å². The zero-order valence-corrected chi connectivity index (χ0v) is 14.9. The summed E-state index contributed by atoms with van der Waals surface area (Å²) in [5.74, 6) is 2.49. The van der Waals surface area contributed by atoms with Crippen LogP contribution in [0.1, 0.15) is 16.7 Å². The van der Waals surface area contributed by atoms with Gasteiger partial charge in [0.25, 0.3) is 0 Å². The third-order valence-electron chi connectivity index (χ3n) is 4.63. The summed E-state index contributed by atoms with van der Waals surface area (Å²) in [5.41, 5.74) is 5.74. The minimum absolute atomic E-state index is 0.511. The predicted molar refractivity (Wildman–Crippen MR) is 104 cm³/mol. The van der Waals surface area contributed by atoms with Gasteiger partial charge in [0.1, 0.15) is 23.9 Å². The standard InChI is InChI=1S/C23H20O3/c1-24-18-10-8-16(9-11-18)21-15-26-22-14-19(25-2)12-13-20(22)23(21)17-6-4-3-5-7-17/h3-14H,15H2,1-2H3. The molecule has 3 nitrogen and oxygen atoms in total. The number of fused-ring (bicyclic) bond motifs is 1. The van der Waals surface area contributed by atoms with Gasteiger partial charge in [0.15, 0.2) is 0 Å². The lowest BCUT2D eigenvalue weighted by atomic mass is 9.88. The second-order valence-electron chi connectivity index (χ2n) is 6.10. The second kappa shape index (κ2) is 6.96. The van der Waals surface area contributed by atoms with E-state index in [4.69, 9.17) is 14.2 Å². The van der Waals surface area contributed by atoms with Crippen molar-refractivity contribution in [3.8, 4) is 17.2 Å². The number of rotatable bonds is 4. The molecule has 0 spiro atoms. The number of hydrogen-bond acceptors (Lipinski definition) is 3. The highest BCUT2D eigenvalue weighted by Gasteiger charge is 2.23. The SMILES string of the molecule is COc1ccc(C2=C(c3ccccc3)c3ccc(OC)cc3OC2)cc1. The van der Waals surface area contributed by atoms with Crippen LogP contribution in [0.25, 0.3) is 11.1 Å². The zero-order chi connectivity index (χ0) is 17.9. The highest BCUT2D eigenvalue weighted by atomic mass is 16.5. The van der Waals surface area contributed by atoms with Crippen LogP contribution in [0.5, 0.6) is 17.2 Å². The molecule has 3 heteroatoms. The Kier molecular flexibility index (Phi) is 4.36. The molecule has 1 aliphatic rings. The normalized spacial score (nSPS) is 13.0. The first-order valence-electron chi connectivity index (χ1n) is 8.54. The van der Waals surface area contributed by atoms with Crippen molar-refractivity contribution in [1.29, 1.82) is 0 Å². The van der Waals surface area contributed by atoms with Crippen molar-refractivity contribution in [2.45, 2.75) is 0 Å². The van der Waals surface area contributed by atoms with Crippen LogP contribution in [-0.4, -0.2) is 20.8 Å². The van der Waals surface area contributed by atoms with E-state index >= 15 is 0 Å². The van der Waals surface area contributed by atoms with Crippen molar-refractivity contribution in [2.24, 2.45) is 0 Å². The number of methoxy groups -OCH3 is 2. The first-order valence-corrected chi connectivity index (χ1v) is 8.54. The monoisotopic (exact) mass is 344 g/mol. The van der Waals surface area contributed by atoms with Crippen molar-refractivity contribution < 1.29 is 14.2 Å². The molecule has 0 saturated carbocycles. The summed E-state index contributed by atoms with van der Waals surface area (Å²) in [4.78, 5) is 0. The number of hydrogen-bond donors (Lipinski definition) is 0. The maximum atomic E-state index is 6.07. The van der Waals surface area contributed by atoms with E-state index in [1.807, 2.05) is 30.3 Å². The molecule has 0 bridgehead atoms. The van der Waals surface area contributed by atoms with Gasteiger partial charge < -0.3 is 14.2 Å². The molecule has 0 atom stereocenters. The van der Waals surface area contributed by atoms with Crippen LogP contribution in [0.2, 0.25) is 0 Å². The number of benzene rings is 3. The molecule has 0 aromatic heterocycles. The molecule has 0 radical (unpaired) electrons. The molecule has 1 aliphatic heterocycles. The molecule has 26 heavy (non-hydrogen) atoms. The molecular formula is C23H20O3. The fourth-order valence-corrected chi connectivity index (χ4v) is 3.29. The van der Waals surface area contributed by atoms with Gasteiger partial charge in [0, 0.05) is 17.2 Å². The van der Waals surface area contributed by atoms with E-state index in [-0.39, 0.29) is 0 Å². The van der Waals surface area contributed by atoms with E-state index in [1.165, 1.54) is 11.1 Å². The van der Waals surface area contributed by atoms with Crippen LogP contribution >= 0.6 is 0 Å². The minimum Gasteiger partial charge on any atom is -0.497 e. The Labute approximate surface area is 153 Å². The summed E-state index contributed by atoms with van der Waals surface area (Å²) < 4.78 is 16.7. The fraction of sp³-hybridized carbons (Fsp3) is 0.130. The first-order chi connectivity index (χ1) is 12.8. The maximum Gasteiger partial charge on any atom is 0.131 e. The van der Waals surface area contributed by atoms with Gasteiger partial charge in [-0.25, -0.2) is 0 Å². The summed E-state index contributed by atoms with van der Waals surface area (Å²) >= 11 is 0. The quantitative estimate of drug-likeness (QED) is 0.662. The Morgan fingerprint density at radius 1 is 0.731 bits per heavy atom. The highest BCUT2D eigenvalue weighted by molar-refractivity contribution is 6.01. The minimum atomic E-state index is 0.511. The lowest BCUT2D eigenvalue weighted by Crippen LogP contribution is -2.11. The first kappa shape index (κ1) is 16.3. The summed E-state index contributed by atoms with van der Waals surface area (Å²) in [6.45, 7) is 0.511. The Morgan fingerprint density at radius 2 is 1.42 bits per heavy atom. The third-order valence-corrected chi connectivity index (χ3v) is 4.63. The third kappa shape index (κ3) is 2.93. The smallest absolute Gasteiger partial charge is 0.131 e. The van der Waals surface area contributed by atoms with Gasteiger partial charge in [-0.1, -0.05) is 42.5 Å². The van der Waals surface area contributed by atoms with Crippen molar-refractivity contribution >= 4 is 11.1 Å². The summed E-state index contributed by atoms with van der Waals surface area (Å²) in [6, 6.07) is 24.5. The molecule has 0 N–H and O–H groups in total. The van der Waals surface area contributed by atoms with Crippen LogP contribution in [0.4, 0.5) is 0 Å². The van der Waals surface area contributed by atoms with Crippen molar-refractivity contribution in [1.82, 2.24) is 0 Å². The molecule has 0 unspecified atom stereocenters. The van der Waals surface area contributed by atoms with Crippen LogP contribution in [0.3, 0.4) is 0 Å². The summed E-state index contributed by atoms with van der Waals surface area (Å²) in [6.07, 6.45) is 0. The Hall–Kier alpha value is -3.20. The van der Waals surface area contributed by atoms with E-state index < -0.39 is 0 Å². The van der Waals surface area contributed by atoms with E-state index in [2.05, 4.69) is 42.5 Å². The molecule has 4 rings (SSSR count). The van der Waals surface area contributed by atoms with Gasteiger partial charge >= 0.3 is 0 Å². The average molecular weight is 344 g/mol. The van der Waals surface area contributed by atoms with Crippen LogP contribution < -0.4 is 14.2 Å². The number of ether oxygens (including phenoxy) is 3. The van der Waals surface area contributed by atoms with Crippen LogP contribution in [0, 0.1) is 0 Å². The second-order valence-corrected chi connectivity index (χ2v) is 6.10. The van der Waals surface area contributed by atoms with Crippen LogP contribution in [0.15, 0.2) is 72.8 Å². The Morgan fingerprint density at radius 3 is 2.12 bits per heavy atom. The van der Waals surface area contributed by atoms with Crippen molar-refractivity contribution in [3.63, 3.8) is 0 Å². The summed E-state index contributed by atoms with van der Waals surface area (Å²) in [7, 11) is 3.35. The molecule has 0 aliphatic carbocycles. The fourth-order valence-electron chi connectivity index (χ4n) is 3.29. The van der Waals surface area contributed by atoms with E-state index in [0.29, 0.717) is 6.61 Å². The summed E-state index contributed by atoms with van der Waals surface area (Å²) in [5, 5.41) is 0. The molecule has 0 amide bonds. The maximum absolute atomic E-state index is 6.07. The van der Waals surface area contributed by atoms with E-state index in [1.54, 1.807) is 14.2 Å². The largest absolute Gasteiger partial charge is 0.497 e. The highest BCUT2D eigenvalue weighted by Crippen LogP contribution is 2.42. The van der Waals surface area contributed by atoms with Gasteiger partial charge in [0.05, 0.1) is 14.2 Å². The van der Waals surface area contributed by atoms with Gasteiger partial charge in [-0.05, 0) is 41.0 Å². The zero-order valence-electron chi connectivity index (χ0n) is 14.9. The molecule has 0 fully saturated rings. The van der Waals surface area contributed by atoms with Crippen LogP contribution in [-0.2, 0) is 0 Å². The Balaban J connectivity index is 1.92. The molecular weight excluding hydrogens is 324 g/mol. The molecule has 1 heterocycles. The average Bonchev–Trinajstić information content (AvgIpc) is 2.73. The van der Waals surface area contributed by atoms with Gasteiger partial charge in [-0.3, -0.25) is 0 Å². The van der Waals surface area contributed by atoms with E-state index in [0.717, 1.165) is 33.9 Å². The predicted octanol–water partition coefficient (Wildman–Crippen LogP) is 5.06. The van der Waals surface area contributed by atoms with Gasteiger partial charge in [0.2, 0.25) is 0 Å². The van der Waals surface area contributed by atoms with Gasteiger partial charge in [-0.15, -0.1) is 0 Å². The lowest BCUT2D eigenvalue weighted by molar-refractivity contribution is 0.358. The van der Waals surface area contributed by atoms with Gasteiger partial charge in [-0.2, -0.15) is 0 Å². The topological polar surface area (TPSA) is 27.7 Å². The molecule has 0 saturated heterocycles.